The molecule has 0 spiro atoms. The first-order valence-corrected chi connectivity index (χ1v) is 10.9. The summed E-state index contributed by atoms with van der Waals surface area (Å²) in [6.07, 6.45) is 2.11. The fourth-order valence-electron chi connectivity index (χ4n) is 3.20. The van der Waals surface area contributed by atoms with Gasteiger partial charge in [0.2, 0.25) is 0 Å². The standard InChI is InChI=1S/C25H27BrFNO2/c1-18(12-13-19-8-4-3-5-9-19)28-16-20-14-22(26)25(24(15-20)29-2)30-17-21-10-6-7-11-23(21)27/h3-11,14-15,18,28H,12-13,16-17H2,1-2H3/t18-/m1/s1. The van der Waals surface area contributed by atoms with Gasteiger partial charge in [-0.15, -0.1) is 0 Å². The summed E-state index contributed by atoms with van der Waals surface area (Å²) in [6.45, 7) is 3.05. The molecule has 1 atom stereocenters. The van der Waals surface area contributed by atoms with Gasteiger partial charge < -0.3 is 14.8 Å². The molecule has 3 rings (SSSR count). The van der Waals surface area contributed by atoms with E-state index in [1.54, 1.807) is 25.3 Å². The van der Waals surface area contributed by atoms with Crippen LogP contribution in [0, 0.1) is 5.82 Å². The molecule has 0 aliphatic rings. The monoisotopic (exact) mass is 471 g/mol. The molecule has 0 aliphatic carbocycles. The Morgan fingerprint density at radius 3 is 2.47 bits per heavy atom. The van der Waals surface area contributed by atoms with Gasteiger partial charge >= 0.3 is 0 Å². The highest BCUT2D eigenvalue weighted by atomic mass is 79.9. The highest BCUT2D eigenvalue weighted by Crippen LogP contribution is 2.37. The summed E-state index contributed by atoms with van der Waals surface area (Å²) < 4.78 is 26.0. The average Bonchev–Trinajstić information content (AvgIpc) is 2.77. The minimum atomic E-state index is -0.280. The molecular formula is C25H27BrFNO2. The van der Waals surface area contributed by atoms with Crippen molar-refractivity contribution in [3.63, 3.8) is 0 Å². The summed E-state index contributed by atoms with van der Waals surface area (Å²) >= 11 is 3.57. The SMILES string of the molecule is COc1cc(CN[C@H](C)CCc2ccccc2)cc(Br)c1OCc1ccccc1F. The Morgan fingerprint density at radius 1 is 1.00 bits per heavy atom. The second kappa shape index (κ2) is 11.1. The molecule has 5 heteroatoms. The van der Waals surface area contributed by atoms with Crippen molar-refractivity contribution < 1.29 is 13.9 Å². The van der Waals surface area contributed by atoms with Crippen molar-refractivity contribution in [1.82, 2.24) is 5.32 Å². The van der Waals surface area contributed by atoms with Crippen LogP contribution >= 0.6 is 15.9 Å². The molecule has 3 aromatic rings. The van der Waals surface area contributed by atoms with Crippen LogP contribution < -0.4 is 14.8 Å². The molecule has 0 heterocycles. The lowest BCUT2D eigenvalue weighted by atomic mass is 10.1. The number of benzene rings is 3. The van der Waals surface area contributed by atoms with E-state index in [9.17, 15) is 4.39 Å². The van der Waals surface area contributed by atoms with Gasteiger partial charge in [0, 0.05) is 18.2 Å². The van der Waals surface area contributed by atoms with Gasteiger partial charge in [-0.25, -0.2) is 4.39 Å². The average molecular weight is 472 g/mol. The first-order valence-electron chi connectivity index (χ1n) is 10.1. The van der Waals surface area contributed by atoms with E-state index in [1.807, 2.05) is 18.2 Å². The number of ether oxygens (including phenoxy) is 2. The Kier molecular flexibility index (Phi) is 8.29. The summed E-state index contributed by atoms with van der Waals surface area (Å²) in [7, 11) is 1.61. The molecule has 3 aromatic carbocycles. The molecule has 30 heavy (non-hydrogen) atoms. The van der Waals surface area contributed by atoms with Gasteiger partial charge in [-0.3, -0.25) is 0 Å². The number of rotatable bonds is 10. The first kappa shape index (κ1) is 22.3. The maximum absolute atomic E-state index is 13.9. The molecule has 0 radical (unpaired) electrons. The zero-order valence-corrected chi connectivity index (χ0v) is 18.9. The van der Waals surface area contributed by atoms with E-state index in [0.717, 1.165) is 29.4 Å². The Bertz CT molecular complexity index is 949. The minimum absolute atomic E-state index is 0.135. The number of hydrogen-bond donors (Lipinski definition) is 1. The quantitative estimate of drug-likeness (QED) is 0.377. The van der Waals surface area contributed by atoms with Crippen molar-refractivity contribution in [1.29, 1.82) is 0 Å². The molecule has 0 saturated heterocycles. The topological polar surface area (TPSA) is 30.5 Å². The fourth-order valence-corrected chi connectivity index (χ4v) is 3.81. The smallest absolute Gasteiger partial charge is 0.175 e. The Balaban J connectivity index is 1.58. The summed E-state index contributed by atoms with van der Waals surface area (Å²) in [6, 6.07) is 21.5. The second-order valence-corrected chi connectivity index (χ2v) is 8.15. The molecule has 0 aromatic heterocycles. The lowest BCUT2D eigenvalue weighted by Crippen LogP contribution is -2.26. The van der Waals surface area contributed by atoms with Crippen LogP contribution in [0.25, 0.3) is 0 Å². The maximum atomic E-state index is 13.9. The fraction of sp³-hybridized carbons (Fsp3) is 0.280. The van der Waals surface area contributed by atoms with Crippen LogP contribution in [-0.2, 0) is 19.6 Å². The van der Waals surface area contributed by atoms with Gasteiger partial charge in [0.05, 0.1) is 11.6 Å². The van der Waals surface area contributed by atoms with E-state index >= 15 is 0 Å². The predicted molar refractivity (Wildman–Crippen MR) is 122 cm³/mol. The molecule has 0 bridgehead atoms. The van der Waals surface area contributed by atoms with Crippen LogP contribution in [0.15, 0.2) is 71.2 Å². The molecule has 0 fully saturated rings. The van der Waals surface area contributed by atoms with E-state index in [0.29, 0.717) is 23.1 Å². The summed E-state index contributed by atoms with van der Waals surface area (Å²) in [5.74, 6) is 0.911. The minimum Gasteiger partial charge on any atom is -0.493 e. The molecular weight excluding hydrogens is 445 g/mol. The van der Waals surface area contributed by atoms with Crippen LogP contribution in [0.5, 0.6) is 11.5 Å². The Labute approximate surface area is 186 Å². The molecule has 0 aliphatic heterocycles. The lowest BCUT2D eigenvalue weighted by molar-refractivity contribution is 0.277. The normalized spacial score (nSPS) is 11.9. The van der Waals surface area contributed by atoms with Gasteiger partial charge in [-0.1, -0.05) is 48.5 Å². The van der Waals surface area contributed by atoms with Crippen molar-refractivity contribution in [2.75, 3.05) is 7.11 Å². The van der Waals surface area contributed by atoms with Crippen molar-refractivity contribution in [3.05, 3.63) is 93.7 Å². The third-order valence-corrected chi connectivity index (χ3v) is 5.57. The maximum Gasteiger partial charge on any atom is 0.175 e. The zero-order valence-electron chi connectivity index (χ0n) is 17.3. The number of aryl methyl sites for hydroxylation is 1. The first-order chi connectivity index (χ1) is 14.6. The number of methoxy groups -OCH3 is 1. The molecule has 0 unspecified atom stereocenters. The van der Waals surface area contributed by atoms with E-state index in [4.69, 9.17) is 9.47 Å². The Morgan fingerprint density at radius 2 is 1.73 bits per heavy atom. The molecule has 158 valence electrons. The van der Waals surface area contributed by atoms with Crippen molar-refractivity contribution >= 4 is 15.9 Å². The largest absolute Gasteiger partial charge is 0.493 e. The predicted octanol–water partition coefficient (Wildman–Crippen LogP) is 6.29. The zero-order chi connectivity index (χ0) is 21.3. The van der Waals surface area contributed by atoms with Crippen LogP contribution in [0.4, 0.5) is 4.39 Å². The van der Waals surface area contributed by atoms with Crippen molar-refractivity contribution in [3.8, 4) is 11.5 Å². The van der Waals surface area contributed by atoms with Crippen LogP contribution in [0.2, 0.25) is 0 Å². The molecule has 0 amide bonds. The third kappa shape index (κ3) is 6.31. The van der Waals surface area contributed by atoms with Crippen molar-refractivity contribution in [2.24, 2.45) is 0 Å². The van der Waals surface area contributed by atoms with Gasteiger partial charge in [0.15, 0.2) is 11.5 Å². The van der Waals surface area contributed by atoms with Crippen LogP contribution in [0.1, 0.15) is 30.0 Å². The number of halogens is 2. The van der Waals surface area contributed by atoms with E-state index in [2.05, 4.69) is 52.4 Å². The highest BCUT2D eigenvalue weighted by molar-refractivity contribution is 9.10. The summed E-state index contributed by atoms with van der Waals surface area (Å²) in [5.41, 5.74) is 2.94. The summed E-state index contributed by atoms with van der Waals surface area (Å²) in [5, 5.41) is 3.57. The van der Waals surface area contributed by atoms with Gasteiger partial charge in [0.1, 0.15) is 12.4 Å². The lowest BCUT2D eigenvalue weighted by Gasteiger charge is -2.17. The second-order valence-electron chi connectivity index (χ2n) is 7.30. The molecule has 3 nitrogen and oxygen atoms in total. The van der Waals surface area contributed by atoms with Gasteiger partial charge in [-0.2, -0.15) is 0 Å². The summed E-state index contributed by atoms with van der Waals surface area (Å²) in [4.78, 5) is 0. The van der Waals surface area contributed by atoms with E-state index in [1.165, 1.54) is 11.6 Å². The van der Waals surface area contributed by atoms with Crippen molar-refractivity contribution in [2.45, 2.75) is 39.0 Å². The van der Waals surface area contributed by atoms with Crippen LogP contribution in [-0.4, -0.2) is 13.2 Å². The third-order valence-electron chi connectivity index (χ3n) is 4.98. The molecule has 1 N–H and O–H groups in total. The number of hydrogen-bond acceptors (Lipinski definition) is 3. The highest BCUT2D eigenvalue weighted by Gasteiger charge is 2.13. The van der Waals surface area contributed by atoms with Gasteiger partial charge in [-0.05, 0) is 65.0 Å². The number of nitrogens with one attached hydrogen (secondary N) is 1. The van der Waals surface area contributed by atoms with Gasteiger partial charge in [0.25, 0.3) is 0 Å². The van der Waals surface area contributed by atoms with E-state index < -0.39 is 0 Å². The van der Waals surface area contributed by atoms with Crippen LogP contribution in [0.3, 0.4) is 0 Å². The Hall–Kier alpha value is -2.37. The van der Waals surface area contributed by atoms with E-state index in [-0.39, 0.29) is 12.4 Å². The molecule has 0 saturated carbocycles.